The number of thiol groups is 1. The van der Waals surface area contributed by atoms with Crippen LogP contribution in [0.1, 0.15) is 0 Å². The van der Waals surface area contributed by atoms with Crippen LogP contribution in [0.3, 0.4) is 0 Å². The Balaban J connectivity index is 0.000000682. The highest BCUT2D eigenvalue weighted by Crippen LogP contribution is 2.33. The minimum atomic E-state index is -3.92. The Bertz CT molecular complexity index is 1850. The zero-order valence-corrected chi connectivity index (χ0v) is 26.0. The molecule has 0 unspecified atom stereocenters. The summed E-state index contributed by atoms with van der Waals surface area (Å²) in [5, 5.41) is 0. The van der Waals surface area contributed by atoms with Gasteiger partial charge in [-0.25, -0.2) is 8.42 Å². The summed E-state index contributed by atoms with van der Waals surface area (Å²) in [5.41, 5.74) is 7.52. The van der Waals surface area contributed by atoms with E-state index in [9.17, 15) is 0 Å². The molecule has 6 heteroatoms. The SMILES string of the molecule is CS(=O)(=O)[O-].c1ccc(-c2ccc(Sc3ccc([SH+]c4ccc(-c5ccccc5-c5ccccc5)cc4)cc3)cc2)cc1. The van der Waals surface area contributed by atoms with Crippen molar-refractivity contribution in [2.24, 2.45) is 0 Å². The number of hydrogen-bond donors (Lipinski definition) is 0. The van der Waals surface area contributed by atoms with Crippen LogP contribution in [0.2, 0.25) is 0 Å². The van der Waals surface area contributed by atoms with Gasteiger partial charge in [0.25, 0.3) is 0 Å². The van der Waals surface area contributed by atoms with Crippen LogP contribution in [0.15, 0.2) is 177 Å². The molecule has 0 aliphatic heterocycles. The summed E-state index contributed by atoms with van der Waals surface area (Å²) in [4.78, 5) is 5.10. The normalized spacial score (nSPS) is 10.9. The molecule has 0 aliphatic carbocycles. The Morgan fingerprint density at radius 3 is 1.28 bits per heavy atom. The summed E-state index contributed by atoms with van der Waals surface area (Å²) in [6.07, 6.45) is 0.604. The number of hydrogen-bond acceptors (Lipinski definition) is 4. The molecule has 6 aromatic carbocycles. The van der Waals surface area contributed by atoms with Crippen molar-refractivity contribution in [1.29, 1.82) is 0 Å². The van der Waals surface area contributed by atoms with Gasteiger partial charge in [-0.05, 0) is 94.0 Å². The van der Waals surface area contributed by atoms with Gasteiger partial charge in [0.15, 0.2) is 9.79 Å². The first-order chi connectivity index (χ1) is 20.8. The van der Waals surface area contributed by atoms with E-state index in [1.807, 2.05) is 0 Å². The Hall–Kier alpha value is -4.07. The van der Waals surface area contributed by atoms with Gasteiger partial charge in [0, 0.05) is 27.8 Å². The molecule has 43 heavy (non-hydrogen) atoms. The van der Waals surface area contributed by atoms with Gasteiger partial charge in [0.05, 0.1) is 10.1 Å². The van der Waals surface area contributed by atoms with Crippen molar-refractivity contribution in [3.05, 3.63) is 158 Å². The van der Waals surface area contributed by atoms with E-state index in [4.69, 9.17) is 13.0 Å². The lowest BCUT2D eigenvalue weighted by Crippen LogP contribution is -1.88. The van der Waals surface area contributed by atoms with Crippen molar-refractivity contribution in [3.8, 4) is 33.4 Å². The summed E-state index contributed by atoms with van der Waals surface area (Å²) >= 11 is 3.02. The molecule has 0 atom stereocenters. The Labute approximate surface area is 262 Å². The van der Waals surface area contributed by atoms with Gasteiger partial charge in [-0.1, -0.05) is 109 Å². The maximum atomic E-state index is 9.08. The standard InChI is InChI=1S/C36H26S2.CH4O3S/c1-3-9-27(10-4-1)28-15-19-31(20-16-28)37-33-23-25-34(26-24-33)38-32-21-17-30(18-22-32)36-14-8-7-13-35(36)29-11-5-2-6-12-29;1-5(2,3)4/h1-26H;1H3,(H,2,3,4). The molecule has 0 N–H and O–H groups in total. The van der Waals surface area contributed by atoms with Crippen LogP contribution in [-0.2, 0) is 21.9 Å². The molecule has 214 valence electrons. The highest BCUT2D eigenvalue weighted by atomic mass is 32.2. The van der Waals surface area contributed by atoms with Crippen LogP contribution in [0, 0.1) is 0 Å². The second-order valence-electron chi connectivity index (χ2n) is 9.76. The van der Waals surface area contributed by atoms with Crippen molar-refractivity contribution < 1.29 is 13.0 Å². The molecule has 0 radical (unpaired) electrons. The van der Waals surface area contributed by atoms with E-state index < -0.39 is 10.1 Å². The molecule has 0 aromatic heterocycles. The maximum Gasteiger partial charge on any atom is 0.158 e. The highest BCUT2D eigenvalue weighted by Gasteiger charge is 2.11. The molecular formula is C37H30O3S3. The van der Waals surface area contributed by atoms with Crippen LogP contribution in [-0.4, -0.2) is 19.2 Å². The molecule has 6 aromatic rings. The van der Waals surface area contributed by atoms with Crippen molar-refractivity contribution in [1.82, 2.24) is 0 Å². The molecule has 0 bridgehead atoms. The van der Waals surface area contributed by atoms with E-state index in [-0.39, 0.29) is 0 Å². The lowest BCUT2D eigenvalue weighted by molar-refractivity contribution is 0.470. The molecular weight excluding hydrogens is 589 g/mol. The Morgan fingerprint density at radius 2 is 0.791 bits per heavy atom. The molecule has 0 saturated carbocycles. The van der Waals surface area contributed by atoms with E-state index in [0.717, 1.165) is 0 Å². The average Bonchev–Trinajstić information content (AvgIpc) is 3.03. The quantitative estimate of drug-likeness (QED) is 0.102. The first-order valence-corrected chi connectivity index (χ1v) is 17.2. The average molecular weight is 619 g/mol. The third-order valence-electron chi connectivity index (χ3n) is 6.48. The van der Waals surface area contributed by atoms with E-state index in [2.05, 4.69) is 158 Å². The number of benzene rings is 6. The fourth-order valence-corrected chi connectivity index (χ4v) is 6.25. The molecule has 0 spiro atoms. The van der Waals surface area contributed by atoms with Crippen LogP contribution in [0.4, 0.5) is 0 Å². The molecule has 3 nitrogen and oxygen atoms in total. The smallest absolute Gasteiger partial charge is 0.158 e. The molecule has 0 heterocycles. The second-order valence-corrected chi connectivity index (χ2v) is 13.6. The molecule has 0 amide bonds. The van der Waals surface area contributed by atoms with Crippen molar-refractivity contribution in [2.75, 3.05) is 6.26 Å². The Kier molecular flexibility index (Phi) is 10.2. The first kappa shape index (κ1) is 30.4. The third-order valence-corrected chi connectivity index (χ3v) is 8.61. The highest BCUT2D eigenvalue weighted by molar-refractivity contribution is 7.99. The lowest BCUT2D eigenvalue weighted by Gasteiger charge is -2.10. The van der Waals surface area contributed by atoms with Gasteiger partial charge < -0.3 is 4.55 Å². The Morgan fingerprint density at radius 1 is 0.465 bits per heavy atom. The van der Waals surface area contributed by atoms with Crippen molar-refractivity contribution in [2.45, 2.75) is 19.6 Å². The summed E-state index contributed by atoms with van der Waals surface area (Å²) in [6.45, 7) is 0. The van der Waals surface area contributed by atoms with Crippen LogP contribution < -0.4 is 0 Å². The minimum Gasteiger partial charge on any atom is -0.748 e. The fraction of sp³-hybridized carbons (Fsp3) is 0.0270. The number of rotatable bonds is 7. The summed E-state index contributed by atoms with van der Waals surface area (Å²) in [6, 6.07) is 56.5. The first-order valence-electron chi connectivity index (χ1n) is 13.6. The van der Waals surface area contributed by atoms with Gasteiger partial charge in [0.1, 0.15) is 0 Å². The third kappa shape index (κ3) is 9.21. The van der Waals surface area contributed by atoms with E-state index in [0.29, 0.717) is 6.26 Å². The fourth-order valence-electron chi connectivity index (χ4n) is 4.54. The predicted molar refractivity (Wildman–Crippen MR) is 181 cm³/mol. The summed E-state index contributed by atoms with van der Waals surface area (Å²) in [5.74, 6) is 0. The summed E-state index contributed by atoms with van der Waals surface area (Å²) < 4.78 is 27.2. The van der Waals surface area contributed by atoms with Gasteiger partial charge >= 0.3 is 0 Å². The monoisotopic (exact) mass is 618 g/mol. The minimum absolute atomic E-state index is 0.604. The zero-order valence-electron chi connectivity index (χ0n) is 23.5. The molecule has 0 saturated heterocycles. The predicted octanol–water partition coefficient (Wildman–Crippen LogP) is 9.23. The summed E-state index contributed by atoms with van der Waals surface area (Å²) in [7, 11) is -3.92. The molecule has 6 rings (SSSR count). The molecule has 0 fully saturated rings. The topological polar surface area (TPSA) is 57.2 Å². The maximum absolute atomic E-state index is 9.08. The van der Waals surface area contributed by atoms with Crippen molar-refractivity contribution in [3.63, 3.8) is 0 Å². The largest absolute Gasteiger partial charge is 0.748 e. The van der Waals surface area contributed by atoms with E-state index >= 15 is 0 Å². The van der Waals surface area contributed by atoms with Crippen LogP contribution in [0.5, 0.6) is 0 Å². The van der Waals surface area contributed by atoms with Crippen LogP contribution in [0.25, 0.3) is 33.4 Å². The second kappa shape index (κ2) is 14.4. The zero-order chi connectivity index (χ0) is 30.1. The van der Waals surface area contributed by atoms with Crippen LogP contribution >= 0.6 is 11.8 Å². The lowest BCUT2D eigenvalue weighted by atomic mass is 9.95. The van der Waals surface area contributed by atoms with Gasteiger partial charge in [-0.3, -0.25) is 0 Å². The van der Waals surface area contributed by atoms with Gasteiger partial charge in [-0.2, -0.15) is 0 Å². The van der Waals surface area contributed by atoms with Crippen molar-refractivity contribution >= 4 is 33.6 Å². The van der Waals surface area contributed by atoms with Gasteiger partial charge in [0.2, 0.25) is 0 Å². The van der Waals surface area contributed by atoms with Gasteiger partial charge in [-0.15, -0.1) is 0 Å². The molecule has 0 aliphatic rings. The van der Waals surface area contributed by atoms with E-state index in [1.54, 1.807) is 11.8 Å². The van der Waals surface area contributed by atoms with E-state index in [1.165, 1.54) is 64.7 Å².